The van der Waals surface area contributed by atoms with Crippen LogP contribution in [0, 0.1) is 0 Å². The highest BCUT2D eigenvalue weighted by Gasteiger charge is 2.36. The third-order valence-electron chi connectivity index (χ3n) is 4.15. The highest BCUT2D eigenvalue weighted by Crippen LogP contribution is 2.42. The van der Waals surface area contributed by atoms with E-state index >= 15 is 0 Å². The van der Waals surface area contributed by atoms with Crippen molar-refractivity contribution in [2.45, 2.75) is 16.6 Å². The van der Waals surface area contributed by atoms with E-state index in [1.807, 2.05) is 36.6 Å². The molecule has 1 aliphatic rings. The predicted octanol–water partition coefficient (Wildman–Crippen LogP) is 4.23. The van der Waals surface area contributed by atoms with Crippen LogP contribution in [0.2, 0.25) is 5.02 Å². The standard InChI is InChI=1S/C18H14ClN3O2S2/c1-25-18-20-10-16-17(21-18)14-4-2-3-5-15(14)22(26(16,23)24)11-12-6-8-13(19)9-7-12/h2-10H,11H2,1H3. The van der Waals surface area contributed by atoms with Crippen LogP contribution in [0.3, 0.4) is 0 Å². The lowest BCUT2D eigenvalue weighted by molar-refractivity contribution is 0.588. The molecule has 0 unspecified atom stereocenters. The number of hydrogen-bond acceptors (Lipinski definition) is 5. The van der Waals surface area contributed by atoms with Crippen molar-refractivity contribution >= 4 is 39.1 Å². The first kappa shape index (κ1) is 17.3. The van der Waals surface area contributed by atoms with E-state index in [0.717, 1.165) is 11.1 Å². The Balaban J connectivity index is 1.89. The Morgan fingerprint density at radius 2 is 1.85 bits per heavy atom. The highest BCUT2D eigenvalue weighted by molar-refractivity contribution is 7.98. The van der Waals surface area contributed by atoms with Crippen LogP contribution in [0.15, 0.2) is 64.8 Å². The Morgan fingerprint density at radius 1 is 1.12 bits per heavy atom. The van der Waals surface area contributed by atoms with Crippen LogP contribution < -0.4 is 4.31 Å². The van der Waals surface area contributed by atoms with Crippen molar-refractivity contribution in [2.75, 3.05) is 10.6 Å². The van der Waals surface area contributed by atoms with Gasteiger partial charge in [-0.25, -0.2) is 18.4 Å². The van der Waals surface area contributed by atoms with Gasteiger partial charge in [-0.1, -0.05) is 53.7 Å². The van der Waals surface area contributed by atoms with Crippen LogP contribution in [0.4, 0.5) is 5.69 Å². The van der Waals surface area contributed by atoms with E-state index in [1.165, 1.54) is 22.3 Å². The maximum atomic E-state index is 13.3. The van der Waals surface area contributed by atoms with Gasteiger partial charge < -0.3 is 0 Å². The molecule has 1 aliphatic heterocycles. The number of nitrogens with zero attached hydrogens (tertiary/aromatic N) is 3. The lowest BCUT2D eigenvalue weighted by Gasteiger charge is -2.31. The number of para-hydroxylation sites is 1. The molecule has 2 heterocycles. The number of anilines is 1. The summed E-state index contributed by atoms with van der Waals surface area (Å²) in [6, 6.07) is 14.5. The molecule has 0 saturated heterocycles. The molecule has 0 aliphatic carbocycles. The fourth-order valence-electron chi connectivity index (χ4n) is 2.90. The molecular formula is C18H14ClN3O2S2. The normalized spacial score (nSPS) is 14.6. The van der Waals surface area contributed by atoms with Crippen LogP contribution in [-0.4, -0.2) is 24.6 Å². The van der Waals surface area contributed by atoms with Crippen molar-refractivity contribution in [2.24, 2.45) is 0 Å². The Bertz CT molecular complexity index is 1090. The molecule has 0 fully saturated rings. The minimum Gasteiger partial charge on any atom is -0.261 e. The van der Waals surface area contributed by atoms with E-state index in [4.69, 9.17) is 11.6 Å². The van der Waals surface area contributed by atoms with E-state index in [-0.39, 0.29) is 11.4 Å². The molecule has 0 amide bonds. The molecule has 3 aromatic rings. The van der Waals surface area contributed by atoms with Crippen LogP contribution >= 0.6 is 23.4 Å². The molecule has 26 heavy (non-hydrogen) atoms. The van der Waals surface area contributed by atoms with Crippen molar-refractivity contribution in [3.8, 4) is 11.3 Å². The zero-order chi connectivity index (χ0) is 18.3. The van der Waals surface area contributed by atoms with Gasteiger partial charge in [0, 0.05) is 10.6 Å². The van der Waals surface area contributed by atoms with Gasteiger partial charge in [0.25, 0.3) is 10.0 Å². The number of rotatable bonds is 3. The zero-order valence-electron chi connectivity index (χ0n) is 13.8. The minimum atomic E-state index is -3.76. The largest absolute Gasteiger partial charge is 0.268 e. The van der Waals surface area contributed by atoms with E-state index < -0.39 is 10.0 Å². The summed E-state index contributed by atoms with van der Waals surface area (Å²) in [6.07, 6.45) is 3.26. The van der Waals surface area contributed by atoms with Crippen LogP contribution in [0.1, 0.15) is 5.56 Å². The topological polar surface area (TPSA) is 63.2 Å². The Kier molecular flexibility index (Phi) is 4.38. The lowest BCUT2D eigenvalue weighted by Crippen LogP contribution is -2.34. The molecule has 0 N–H and O–H groups in total. The predicted molar refractivity (Wildman–Crippen MR) is 104 cm³/mol. The van der Waals surface area contributed by atoms with Gasteiger partial charge >= 0.3 is 0 Å². The summed E-state index contributed by atoms with van der Waals surface area (Å²) in [5.41, 5.74) is 2.69. The summed E-state index contributed by atoms with van der Waals surface area (Å²) < 4.78 is 27.9. The summed E-state index contributed by atoms with van der Waals surface area (Å²) in [7, 11) is -3.76. The van der Waals surface area contributed by atoms with Crippen molar-refractivity contribution in [1.82, 2.24) is 9.97 Å². The first-order valence-corrected chi connectivity index (χ1v) is 10.8. The summed E-state index contributed by atoms with van der Waals surface area (Å²) in [6.45, 7) is 0.209. The molecule has 132 valence electrons. The average Bonchev–Trinajstić information content (AvgIpc) is 2.66. The van der Waals surface area contributed by atoms with Crippen molar-refractivity contribution in [3.05, 3.63) is 65.3 Å². The molecule has 4 rings (SSSR count). The molecule has 1 aromatic heterocycles. The number of thioether (sulfide) groups is 1. The highest BCUT2D eigenvalue weighted by atomic mass is 35.5. The summed E-state index contributed by atoms with van der Waals surface area (Å²) in [5, 5.41) is 1.15. The number of halogens is 1. The molecule has 0 atom stereocenters. The number of aromatic nitrogens is 2. The van der Waals surface area contributed by atoms with Gasteiger partial charge in [-0.15, -0.1) is 0 Å². The molecule has 5 nitrogen and oxygen atoms in total. The molecule has 2 aromatic carbocycles. The molecule has 0 radical (unpaired) electrons. The maximum Gasteiger partial charge on any atom is 0.268 e. The number of hydrogen-bond donors (Lipinski definition) is 0. The van der Waals surface area contributed by atoms with E-state index in [1.54, 1.807) is 18.2 Å². The number of fused-ring (bicyclic) bond motifs is 3. The third-order valence-corrected chi connectivity index (χ3v) is 6.73. The van der Waals surface area contributed by atoms with Crippen LogP contribution in [-0.2, 0) is 16.6 Å². The average molecular weight is 404 g/mol. The van der Waals surface area contributed by atoms with Gasteiger partial charge in [-0.05, 0) is 30.0 Å². The van der Waals surface area contributed by atoms with Gasteiger partial charge in [-0.2, -0.15) is 0 Å². The second-order valence-corrected chi connectivity index (χ2v) is 8.77. The minimum absolute atomic E-state index is 0.128. The van der Waals surface area contributed by atoms with Crippen molar-refractivity contribution in [1.29, 1.82) is 0 Å². The molecule has 8 heteroatoms. The summed E-state index contributed by atoms with van der Waals surface area (Å²) in [4.78, 5) is 8.74. The van der Waals surface area contributed by atoms with Gasteiger partial charge in [0.2, 0.25) is 0 Å². The van der Waals surface area contributed by atoms with E-state index in [2.05, 4.69) is 9.97 Å². The number of benzene rings is 2. The summed E-state index contributed by atoms with van der Waals surface area (Å²) >= 11 is 7.31. The smallest absolute Gasteiger partial charge is 0.261 e. The number of sulfonamides is 1. The van der Waals surface area contributed by atoms with E-state index in [9.17, 15) is 8.42 Å². The van der Waals surface area contributed by atoms with Gasteiger partial charge in [0.1, 0.15) is 4.90 Å². The first-order chi connectivity index (χ1) is 12.5. The molecule has 0 bridgehead atoms. The fraction of sp³-hybridized carbons (Fsp3) is 0.111. The quantitative estimate of drug-likeness (QED) is 0.483. The monoisotopic (exact) mass is 403 g/mol. The Labute approximate surface area is 161 Å². The summed E-state index contributed by atoms with van der Waals surface area (Å²) in [5.74, 6) is 0. The maximum absolute atomic E-state index is 13.3. The SMILES string of the molecule is CSc1ncc2c(n1)-c1ccccc1N(Cc1ccc(Cl)cc1)S2(=O)=O. The lowest BCUT2D eigenvalue weighted by atomic mass is 10.1. The molecule has 0 spiro atoms. The van der Waals surface area contributed by atoms with Crippen molar-refractivity contribution in [3.63, 3.8) is 0 Å². The van der Waals surface area contributed by atoms with Crippen LogP contribution in [0.5, 0.6) is 0 Å². The zero-order valence-corrected chi connectivity index (χ0v) is 16.1. The third kappa shape index (κ3) is 2.86. The first-order valence-electron chi connectivity index (χ1n) is 7.78. The van der Waals surface area contributed by atoms with E-state index in [0.29, 0.717) is 21.6 Å². The fourth-order valence-corrected chi connectivity index (χ4v) is 4.93. The van der Waals surface area contributed by atoms with Gasteiger partial charge in [0.05, 0.1) is 24.1 Å². The molecule has 0 saturated carbocycles. The Hall–Kier alpha value is -2.09. The Morgan fingerprint density at radius 3 is 2.58 bits per heavy atom. The second kappa shape index (κ2) is 6.57. The van der Waals surface area contributed by atoms with Gasteiger partial charge in [-0.3, -0.25) is 4.31 Å². The molecular weight excluding hydrogens is 390 g/mol. The van der Waals surface area contributed by atoms with Crippen LogP contribution in [0.25, 0.3) is 11.3 Å². The van der Waals surface area contributed by atoms with Crippen molar-refractivity contribution < 1.29 is 8.42 Å². The second-order valence-electron chi connectivity index (χ2n) is 5.72. The van der Waals surface area contributed by atoms with Gasteiger partial charge in [0.15, 0.2) is 5.16 Å².